The maximum atomic E-state index is 13.6. The molecule has 0 saturated carbocycles. The van der Waals surface area contributed by atoms with Crippen molar-refractivity contribution >= 4 is 11.7 Å². The Hall–Kier alpha value is -1.71. The zero-order valence-corrected chi connectivity index (χ0v) is 10.6. The van der Waals surface area contributed by atoms with E-state index in [0.717, 1.165) is 0 Å². The van der Waals surface area contributed by atoms with E-state index in [1.165, 1.54) is 17.0 Å². The minimum Gasteiger partial charge on any atom is -0.326 e. The van der Waals surface area contributed by atoms with Gasteiger partial charge in [-0.25, -0.2) is 4.39 Å². The molecule has 1 fully saturated rings. The molecule has 0 aliphatic carbocycles. The summed E-state index contributed by atoms with van der Waals surface area (Å²) in [5.74, 6) is -0.929. The first-order valence-electron chi connectivity index (χ1n) is 6.00. The van der Waals surface area contributed by atoms with Crippen LogP contribution in [0.3, 0.4) is 0 Å². The Kier molecular flexibility index (Phi) is 3.20. The van der Waals surface area contributed by atoms with Crippen LogP contribution in [0.15, 0.2) is 24.3 Å². The van der Waals surface area contributed by atoms with Crippen molar-refractivity contribution < 1.29 is 14.0 Å². The van der Waals surface area contributed by atoms with Crippen molar-refractivity contribution in [1.82, 2.24) is 4.90 Å². The van der Waals surface area contributed by atoms with Crippen molar-refractivity contribution in [1.29, 1.82) is 0 Å². The van der Waals surface area contributed by atoms with Crippen LogP contribution in [0.25, 0.3) is 0 Å². The standard InChI is InChI=1S/C14H16FNO2/c1-14(2)8-7-10(17)9-16(14)13(18)11-5-3-4-6-12(11)15/h3-6H,7-9H2,1-2H3. The van der Waals surface area contributed by atoms with Crippen molar-refractivity contribution in [2.45, 2.75) is 32.2 Å². The third-order valence-electron chi connectivity index (χ3n) is 3.43. The average molecular weight is 249 g/mol. The molecule has 1 saturated heterocycles. The molecule has 3 nitrogen and oxygen atoms in total. The Morgan fingerprint density at radius 3 is 2.67 bits per heavy atom. The summed E-state index contributed by atoms with van der Waals surface area (Å²) in [5, 5.41) is 0. The zero-order chi connectivity index (χ0) is 13.3. The highest BCUT2D eigenvalue weighted by Gasteiger charge is 2.37. The van der Waals surface area contributed by atoms with Crippen LogP contribution in [-0.4, -0.2) is 28.7 Å². The largest absolute Gasteiger partial charge is 0.326 e. The minimum atomic E-state index is -0.545. The first kappa shape index (κ1) is 12.7. The Bertz CT molecular complexity index is 496. The summed E-state index contributed by atoms with van der Waals surface area (Å²) in [5.41, 5.74) is -0.381. The molecule has 18 heavy (non-hydrogen) atoms. The number of halogens is 1. The number of hydrogen-bond donors (Lipinski definition) is 0. The van der Waals surface area contributed by atoms with E-state index in [4.69, 9.17) is 0 Å². The van der Waals surface area contributed by atoms with Gasteiger partial charge in [-0.1, -0.05) is 12.1 Å². The summed E-state index contributed by atoms with van der Waals surface area (Å²) in [6, 6.07) is 5.87. The number of likely N-dealkylation sites (tertiary alicyclic amines) is 1. The first-order chi connectivity index (χ1) is 8.42. The van der Waals surface area contributed by atoms with Gasteiger partial charge in [-0.05, 0) is 32.4 Å². The van der Waals surface area contributed by atoms with Crippen LogP contribution in [0, 0.1) is 5.82 Å². The van der Waals surface area contributed by atoms with E-state index in [1.54, 1.807) is 12.1 Å². The first-order valence-corrected chi connectivity index (χ1v) is 6.00. The molecule has 0 aromatic heterocycles. The van der Waals surface area contributed by atoms with Gasteiger partial charge < -0.3 is 4.90 Å². The number of rotatable bonds is 1. The van der Waals surface area contributed by atoms with Crippen molar-refractivity contribution in [2.24, 2.45) is 0 Å². The number of nitrogens with zero attached hydrogens (tertiary/aromatic N) is 1. The van der Waals surface area contributed by atoms with Crippen LogP contribution >= 0.6 is 0 Å². The summed E-state index contributed by atoms with van der Waals surface area (Å²) in [6.07, 6.45) is 1.10. The van der Waals surface area contributed by atoms with Crippen LogP contribution in [0.4, 0.5) is 4.39 Å². The summed E-state index contributed by atoms with van der Waals surface area (Å²) < 4.78 is 13.6. The number of benzene rings is 1. The average Bonchev–Trinajstić information content (AvgIpc) is 2.32. The second-order valence-electron chi connectivity index (χ2n) is 5.22. The van der Waals surface area contributed by atoms with E-state index in [-0.39, 0.29) is 17.9 Å². The Labute approximate surface area is 106 Å². The monoisotopic (exact) mass is 249 g/mol. The van der Waals surface area contributed by atoms with Crippen LogP contribution in [-0.2, 0) is 4.79 Å². The van der Waals surface area contributed by atoms with Crippen LogP contribution in [0.1, 0.15) is 37.0 Å². The van der Waals surface area contributed by atoms with Gasteiger partial charge in [-0.3, -0.25) is 9.59 Å². The Morgan fingerprint density at radius 2 is 2.00 bits per heavy atom. The lowest BCUT2D eigenvalue weighted by atomic mass is 9.89. The number of amides is 1. The summed E-state index contributed by atoms with van der Waals surface area (Å²) in [7, 11) is 0. The lowest BCUT2D eigenvalue weighted by Crippen LogP contribution is -2.53. The fraction of sp³-hybridized carbons (Fsp3) is 0.429. The fourth-order valence-corrected chi connectivity index (χ4v) is 2.18. The molecule has 1 aromatic carbocycles. The molecule has 0 atom stereocenters. The number of hydrogen-bond acceptors (Lipinski definition) is 2. The maximum absolute atomic E-state index is 13.6. The summed E-state index contributed by atoms with van der Waals surface area (Å²) >= 11 is 0. The molecule has 1 amide bonds. The normalized spacial score (nSPS) is 18.8. The zero-order valence-electron chi connectivity index (χ0n) is 10.6. The van der Waals surface area contributed by atoms with Crippen molar-refractivity contribution in [3.8, 4) is 0 Å². The summed E-state index contributed by atoms with van der Waals surface area (Å²) in [6.45, 7) is 3.87. The Balaban J connectivity index is 2.33. The van der Waals surface area contributed by atoms with Gasteiger partial charge in [-0.2, -0.15) is 0 Å². The van der Waals surface area contributed by atoms with Crippen molar-refractivity contribution in [2.75, 3.05) is 6.54 Å². The van der Waals surface area contributed by atoms with Crippen LogP contribution < -0.4 is 0 Å². The van der Waals surface area contributed by atoms with E-state index in [2.05, 4.69) is 0 Å². The molecule has 1 aliphatic heterocycles. The van der Waals surface area contributed by atoms with Gasteiger partial charge in [0.15, 0.2) is 5.78 Å². The molecule has 1 aromatic rings. The highest BCUT2D eigenvalue weighted by atomic mass is 19.1. The second-order valence-corrected chi connectivity index (χ2v) is 5.22. The number of carbonyl (C=O) groups is 2. The molecule has 0 spiro atoms. The molecular formula is C14H16FNO2. The topological polar surface area (TPSA) is 37.4 Å². The number of piperidine rings is 1. The highest BCUT2D eigenvalue weighted by molar-refractivity contribution is 5.98. The quantitative estimate of drug-likeness (QED) is 0.766. The molecule has 0 unspecified atom stereocenters. The van der Waals surface area contributed by atoms with Crippen LogP contribution in [0.5, 0.6) is 0 Å². The third kappa shape index (κ3) is 2.28. The van der Waals surface area contributed by atoms with E-state index >= 15 is 0 Å². The molecular weight excluding hydrogens is 233 g/mol. The molecule has 1 heterocycles. The number of Topliss-reactive ketones (excluding diaryl/α,β-unsaturated/α-hetero) is 1. The lowest BCUT2D eigenvalue weighted by molar-refractivity contribution is -0.124. The minimum absolute atomic E-state index is 0.0269. The second kappa shape index (κ2) is 4.52. The lowest BCUT2D eigenvalue weighted by Gasteiger charge is -2.41. The molecule has 0 bridgehead atoms. The third-order valence-corrected chi connectivity index (χ3v) is 3.43. The van der Waals surface area contributed by atoms with E-state index in [1.807, 2.05) is 13.8 Å². The molecule has 0 radical (unpaired) electrons. The SMILES string of the molecule is CC1(C)CCC(=O)CN1C(=O)c1ccccc1F. The summed E-state index contributed by atoms with van der Waals surface area (Å²) in [4.78, 5) is 25.3. The molecule has 96 valence electrons. The van der Waals surface area contributed by atoms with Crippen molar-refractivity contribution in [3.63, 3.8) is 0 Å². The molecule has 1 aliphatic rings. The van der Waals surface area contributed by atoms with Gasteiger partial charge in [0, 0.05) is 12.0 Å². The predicted octanol–water partition coefficient (Wildman–Crippen LogP) is 2.41. The van der Waals surface area contributed by atoms with Crippen LogP contribution in [0.2, 0.25) is 0 Å². The molecule has 0 N–H and O–H groups in total. The maximum Gasteiger partial charge on any atom is 0.257 e. The fourth-order valence-electron chi connectivity index (χ4n) is 2.18. The molecule has 4 heteroatoms. The number of ketones is 1. The van der Waals surface area contributed by atoms with E-state index in [9.17, 15) is 14.0 Å². The van der Waals surface area contributed by atoms with Gasteiger partial charge >= 0.3 is 0 Å². The smallest absolute Gasteiger partial charge is 0.257 e. The van der Waals surface area contributed by atoms with Gasteiger partial charge in [-0.15, -0.1) is 0 Å². The van der Waals surface area contributed by atoms with Gasteiger partial charge in [0.05, 0.1) is 12.1 Å². The van der Waals surface area contributed by atoms with Gasteiger partial charge in [0.2, 0.25) is 0 Å². The van der Waals surface area contributed by atoms with Gasteiger partial charge in [0.25, 0.3) is 5.91 Å². The van der Waals surface area contributed by atoms with E-state index < -0.39 is 17.3 Å². The van der Waals surface area contributed by atoms with Gasteiger partial charge in [0.1, 0.15) is 5.82 Å². The highest BCUT2D eigenvalue weighted by Crippen LogP contribution is 2.27. The predicted molar refractivity (Wildman–Crippen MR) is 65.8 cm³/mol. The Morgan fingerprint density at radius 1 is 1.33 bits per heavy atom. The molecule has 2 rings (SSSR count). The van der Waals surface area contributed by atoms with Crippen molar-refractivity contribution in [3.05, 3.63) is 35.6 Å². The number of carbonyl (C=O) groups excluding carboxylic acids is 2. The van der Waals surface area contributed by atoms with E-state index in [0.29, 0.717) is 12.8 Å².